The van der Waals surface area contributed by atoms with E-state index in [0.29, 0.717) is 12.2 Å². The number of hydrogen-bond acceptors (Lipinski definition) is 5. The molecule has 0 aliphatic rings. The highest BCUT2D eigenvalue weighted by Gasteiger charge is 2.31. The summed E-state index contributed by atoms with van der Waals surface area (Å²) in [6.07, 6.45) is -3.02. The SMILES string of the molecule is CNC[C@@H](OC)c1ccc(Nc2ncc(C(F)(F)F)cn2)cc1. The summed E-state index contributed by atoms with van der Waals surface area (Å²) in [5.74, 6) is 0.101. The molecule has 0 spiro atoms. The molecule has 2 N–H and O–H groups in total. The van der Waals surface area contributed by atoms with Crippen molar-refractivity contribution in [2.45, 2.75) is 12.3 Å². The summed E-state index contributed by atoms with van der Waals surface area (Å²) in [6, 6.07) is 7.33. The lowest BCUT2D eigenvalue weighted by molar-refractivity contribution is -0.138. The summed E-state index contributed by atoms with van der Waals surface area (Å²) >= 11 is 0. The molecule has 1 aromatic heterocycles. The van der Waals surface area contributed by atoms with Crippen molar-refractivity contribution in [1.29, 1.82) is 0 Å². The minimum absolute atomic E-state index is 0.0728. The van der Waals surface area contributed by atoms with E-state index in [0.717, 1.165) is 18.0 Å². The van der Waals surface area contributed by atoms with E-state index < -0.39 is 11.7 Å². The first-order valence-corrected chi connectivity index (χ1v) is 6.87. The second-order valence-electron chi connectivity index (χ2n) is 4.82. The summed E-state index contributed by atoms with van der Waals surface area (Å²) < 4.78 is 42.7. The Morgan fingerprint density at radius 2 is 1.74 bits per heavy atom. The summed E-state index contributed by atoms with van der Waals surface area (Å²) in [4.78, 5) is 7.33. The Balaban J connectivity index is 2.06. The number of methoxy groups -OCH3 is 1. The van der Waals surface area contributed by atoms with Gasteiger partial charge in [0.25, 0.3) is 0 Å². The zero-order valence-corrected chi connectivity index (χ0v) is 12.7. The maximum atomic E-state index is 12.4. The van der Waals surface area contributed by atoms with E-state index in [1.165, 1.54) is 0 Å². The Hall–Kier alpha value is -2.19. The molecule has 1 aromatic carbocycles. The van der Waals surface area contributed by atoms with Crippen LogP contribution < -0.4 is 10.6 Å². The molecule has 1 atom stereocenters. The molecular weight excluding hydrogens is 309 g/mol. The van der Waals surface area contributed by atoms with Crippen molar-refractivity contribution < 1.29 is 17.9 Å². The summed E-state index contributed by atoms with van der Waals surface area (Å²) in [5, 5.41) is 5.89. The van der Waals surface area contributed by atoms with Crippen molar-refractivity contribution in [1.82, 2.24) is 15.3 Å². The van der Waals surface area contributed by atoms with E-state index in [4.69, 9.17) is 4.74 Å². The number of nitrogens with one attached hydrogen (secondary N) is 2. The van der Waals surface area contributed by atoms with Gasteiger partial charge in [-0.15, -0.1) is 0 Å². The van der Waals surface area contributed by atoms with Crippen molar-refractivity contribution in [3.63, 3.8) is 0 Å². The quantitative estimate of drug-likeness (QED) is 0.854. The van der Waals surface area contributed by atoms with Crippen LogP contribution in [-0.2, 0) is 10.9 Å². The molecule has 0 amide bonds. The number of rotatable bonds is 6. The first-order chi connectivity index (χ1) is 10.9. The van der Waals surface area contributed by atoms with Crippen LogP contribution in [0.1, 0.15) is 17.2 Å². The van der Waals surface area contributed by atoms with Crippen LogP contribution in [0.3, 0.4) is 0 Å². The van der Waals surface area contributed by atoms with Gasteiger partial charge in [0.05, 0.1) is 11.7 Å². The topological polar surface area (TPSA) is 59.1 Å². The van der Waals surface area contributed by atoms with Gasteiger partial charge in [-0.1, -0.05) is 12.1 Å². The number of benzene rings is 1. The molecule has 0 aliphatic carbocycles. The summed E-state index contributed by atoms with van der Waals surface area (Å²) in [5.41, 5.74) is 0.780. The summed E-state index contributed by atoms with van der Waals surface area (Å²) in [7, 11) is 3.47. The Morgan fingerprint density at radius 3 is 2.22 bits per heavy atom. The van der Waals surface area contributed by atoms with Crippen LogP contribution in [0.2, 0.25) is 0 Å². The Labute approximate surface area is 131 Å². The highest BCUT2D eigenvalue weighted by atomic mass is 19.4. The lowest BCUT2D eigenvalue weighted by Crippen LogP contribution is -2.18. The molecule has 0 bridgehead atoms. The fourth-order valence-electron chi connectivity index (χ4n) is 1.97. The van der Waals surface area contributed by atoms with Gasteiger partial charge in [-0.05, 0) is 24.7 Å². The zero-order chi connectivity index (χ0) is 16.9. The number of halogens is 3. The minimum Gasteiger partial charge on any atom is -0.375 e. The highest BCUT2D eigenvalue weighted by molar-refractivity contribution is 5.53. The van der Waals surface area contributed by atoms with Crippen molar-refractivity contribution in [3.8, 4) is 0 Å². The van der Waals surface area contributed by atoms with Crippen molar-refractivity contribution in [2.24, 2.45) is 0 Å². The van der Waals surface area contributed by atoms with Crippen LogP contribution in [-0.4, -0.2) is 30.7 Å². The maximum Gasteiger partial charge on any atom is 0.419 e. The number of hydrogen-bond donors (Lipinski definition) is 2. The van der Waals surface area contributed by atoms with Crippen LogP contribution in [0.25, 0.3) is 0 Å². The zero-order valence-electron chi connectivity index (χ0n) is 12.7. The Morgan fingerprint density at radius 1 is 1.13 bits per heavy atom. The number of likely N-dealkylation sites (N-methyl/N-ethyl adjacent to an activating group) is 1. The van der Waals surface area contributed by atoms with E-state index in [9.17, 15) is 13.2 Å². The standard InChI is InChI=1S/C15H17F3N4O/c1-19-9-13(23-2)10-3-5-12(6-4-10)22-14-20-7-11(8-21-14)15(16,17)18/h3-8,13,19H,9H2,1-2H3,(H,20,21,22)/t13-/m1/s1. The molecule has 2 aromatic rings. The van der Waals surface area contributed by atoms with Crippen molar-refractivity contribution >= 4 is 11.6 Å². The molecule has 0 aliphatic heterocycles. The molecule has 0 radical (unpaired) electrons. The average molecular weight is 326 g/mol. The van der Waals surface area contributed by atoms with Crippen molar-refractivity contribution in [3.05, 3.63) is 47.8 Å². The van der Waals surface area contributed by atoms with E-state index in [-0.39, 0.29) is 12.1 Å². The number of aromatic nitrogens is 2. The molecule has 23 heavy (non-hydrogen) atoms. The first-order valence-electron chi connectivity index (χ1n) is 6.87. The van der Waals surface area contributed by atoms with Gasteiger partial charge in [-0.3, -0.25) is 0 Å². The van der Waals surface area contributed by atoms with Crippen molar-refractivity contribution in [2.75, 3.05) is 26.0 Å². The first kappa shape index (κ1) is 17.2. The van der Waals surface area contributed by atoms with Crippen LogP contribution in [0.15, 0.2) is 36.7 Å². The van der Waals surface area contributed by atoms with Crippen LogP contribution in [0.4, 0.5) is 24.8 Å². The third-order valence-corrected chi connectivity index (χ3v) is 3.19. The molecular formula is C15H17F3N4O. The van der Waals surface area contributed by atoms with Gasteiger partial charge < -0.3 is 15.4 Å². The van der Waals surface area contributed by atoms with Gasteiger partial charge in [0.2, 0.25) is 5.95 Å². The molecule has 0 saturated carbocycles. The second-order valence-corrected chi connectivity index (χ2v) is 4.82. The van der Waals surface area contributed by atoms with Crippen LogP contribution in [0, 0.1) is 0 Å². The molecule has 124 valence electrons. The van der Waals surface area contributed by atoms with E-state index >= 15 is 0 Å². The average Bonchev–Trinajstić information content (AvgIpc) is 2.53. The fraction of sp³-hybridized carbons (Fsp3) is 0.333. The number of alkyl halides is 3. The Kier molecular flexibility index (Phi) is 5.51. The minimum atomic E-state index is -4.44. The highest BCUT2D eigenvalue weighted by Crippen LogP contribution is 2.28. The number of nitrogens with zero attached hydrogens (tertiary/aromatic N) is 2. The molecule has 0 unspecified atom stereocenters. The Bertz CT molecular complexity index is 614. The van der Waals surface area contributed by atoms with E-state index in [1.54, 1.807) is 19.2 Å². The molecule has 0 fully saturated rings. The monoisotopic (exact) mass is 326 g/mol. The van der Waals surface area contributed by atoms with Gasteiger partial charge in [-0.25, -0.2) is 9.97 Å². The largest absolute Gasteiger partial charge is 0.419 e. The fourth-order valence-corrected chi connectivity index (χ4v) is 1.97. The predicted octanol–water partition coefficient (Wildman–Crippen LogP) is 3.15. The third kappa shape index (κ3) is 4.64. The molecule has 2 rings (SSSR count). The summed E-state index contributed by atoms with van der Waals surface area (Å²) in [6.45, 7) is 0.672. The van der Waals surface area contributed by atoms with Crippen LogP contribution >= 0.6 is 0 Å². The van der Waals surface area contributed by atoms with E-state index in [2.05, 4.69) is 20.6 Å². The lowest BCUT2D eigenvalue weighted by atomic mass is 10.1. The molecule has 8 heteroatoms. The van der Waals surface area contributed by atoms with Gasteiger partial charge in [0.1, 0.15) is 0 Å². The maximum absolute atomic E-state index is 12.4. The van der Waals surface area contributed by atoms with Gasteiger partial charge in [0.15, 0.2) is 0 Å². The molecule has 1 heterocycles. The van der Waals surface area contributed by atoms with E-state index in [1.807, 2.05) is 19.2 Å². The molecule has 0 saturated heterocycles. The van der Waals surface area contributed by atoms with Crippen LogP contribution in [0.5, 0.6) is 0 Å². The third-order valence-electron chi connectivity index (χ3n) is 3.19. The predicted molar refractivity (Wildman–Crippen MR) is 80.4 cm³/mol. The number of ether oxygens (including phenoxy) is 1. The van der Waals surface area contributed by atoms with Gasteiger partial charge >= 0.3 is 6.18 Å². The van der Waals surface area contributed by atoms with Gasteiger partial charge in [0, 0.05) is 31.7 Å². The lowest BCUT2D eigenvalue weighted by Gasteiger charge is -2.15. The smallest absolute Gasteiger partial charge is 0.375 e. The number of anilines is 2. The normalized spacial score (nSPS) is 12.9. The second kappa shape index (κ2) is 7.38. The van der Waals surface area contributed by atoms with Gasteiger partial charge in [-0.2, -0.15) is 13.2 Å². The molecule has 5 nitrogen and oxygen atoms in total.